The van der Waals surface area contributed by atoms with Crippen LogP contribution in [0.2, 0.25) is 0 Å². The third-order valence-electron chi connectivity index (χ3n) is 3.38. The summed E-state index contributed by atoms with van der Waals surface area (Å²) in [6.45, 7) is 6.84. The molecule has 0 saturated heterocycles. The van der Waals surface area contributed by atoms with Crippen LogP contribution in [0.25, 0.3) is 0 Å². The van der Waals surface area contributed by atoms with Crippen molar-refractivity contribution < 1.29 is 4.74 Å². The van der Waals surface area contributed by atoms with E-state index in [0.717, 1.165) is 32.0 Å². The van der Waals surface area contributed by atoms with Gasteiger partial charge in [-0.2, -0.15) is 0 Å². The summed E-state index contributed by atoms with van der Waals surface area (Å²) in [5.74, 6) is 1.74. The molecular formula is C16H25N3OS. The number of hydrogen-bond acceptors (Lipinski definition) is 4. The Labute approximate surface area is 131 Å². The van der Waals surface area contributed by atoms with Crippen LogP contribution in [-0.2, 0) is 11.8 Å². The molecule has 1 N–H and O–H groups in total. The van der Waals surface area contributed by atoms with Crippen LogP contribution >= 0.6 is 11.3 Å². The molecule has 0 fully saturated rings. The van der Waals surface area contributed by atoms with E-state index in [2.05, 4.69) is 46.2 Å². The Balaban J connectivity index is 1.85. The summed E-state index contributed by atoms with van der Waals surface area (Å²) in [5, 5.41) is 5.66. The fraction of sp³-hybridized carbons (Fsp3) is 0.562. The number of nitrogens with one attached hydrogen (secondary N) is 1. The molecule has 4 nitrogen and oxygen atoms in total. The van der Waals surface area contributed by atoms with Gasteiger partial charge in [0.25, 0.3) is 0 Å². The minimum Gasteiger partial charge on any atom is -0.380 e. The summed E-state index contributed by atoms with van der Waals surface area (Å²) in [7, 11) is 2.03. The standard InChI is InChI=1S/C16H25N3OS/c1-13(2)6-10-20-11-8-17-15(14-5-4-12-21-14)16-18-7-9-19(16)3/h4-5,7,9,12-13,15,17H,6,8,10-11H2,1-3H3. The van der Waals surface area contributed by atoms with E-state index in [1.807, 2.05) is 19.4 Å². The molecule has 0 aromatic carbocycles. The van der Waals surface area contributed by atoms with Crippen molar-refractivity contribution in [2.45, 2.75) is 26.3 Å². The molecule has 2 aromatic heterocycles. The van der Waals surface area contributed by atoms with Gasteiger partial charge in [-0.3, -0.25) is 0 Å². The van der Waals surface area contributed by atoms with Crippen LogP contribution in [-0.4, -0.2) is 29.3 Å². The van der Waals surface area contributed by atoms with Gasteiger partial charge in [0.2, 0.25) is 0 Å². The van der Waals surface area contributed by atoms with Crippen LogP contribution < -0.4 is 5.32 Å². The van der Waals surface area contributed by atoms with E-state index in [1.54, 1.807) is 11.3 Å². The van der Waals surface area contributed by atoms with Crippen LogP contribution in [0, 0.1) is 5.92 Å². The molecule has 0 radical (unpaired) electrons. The molecule has 21 heavy (non-hydrogen) atoms. The molecule has 2 heterocycles. The monoisotopic (exact) mass is 307 g/mol. The van der Waals surface area contributed by atoms with Crippen molar-refractivity contribution in [3.05, 3.63) is 40.6 Å². The fourth-order valence-corrected chi connectivity index (χ4v) is 2.92. The van der Waals surface area contributed by atoms with Crippen LogP contribution in [0.4, 0.5) is 0 Å². The highest BCUT2D eigenvalue weighted by atomic mass is 32.1. The molecular weight excluding hydrogens is 282 g/mol. The zero-order valence-electron chi connectivity index (χ0n) is 13.1. The maximum absolute atomic E-state index is 5.67. The Morgan fingerprint density at radius 1 is 1.38 bits per heavy atom. The van der Waals surface area contributed by atoms with Crippen molar-refractivity contribution in [1.82, 2.24) is 14.9 Å². The van der Waals surface area contributed by atoms with Crippen molar-refractivity contribution in [3.8, 4) is 0 Å². The molecule has 2 aromatic rings. The van der Waals surface area contributed by atoms with E-state index >= 15 is 0 Å². The number of hydrogen-bond donors (Lipinski definition) is 1. The lowest BCUT2D eigenvalue weighted by molar-refractivity contribution is 0.124. The van der Waals surface area contributed by atoms with Crippen molar-refractivity contribution in [3.63, 3.8) is 0 Å². The van der Waals surface area contributed by atoms with Gasteiger partial charge in [0.15, 0.2) is 0 Å². The van der Waals surface area contributed by atoms with Crippen LogP contribution in [0.15, 0.2) is 29.9 Å². The summed E-state index contributed by atoms with van der Waals surface area (Å²) >= 11 is 1.75. The molecule has 0 aliphatic rings. The molecule has 5 heteroatoms. The first kappa shape index (κ1) is 16.2. The first-order chi connectivity index (χ1) is 10.2. The first-order valence-electron chi connectivity index (χ1n) is 7.50. The van der Waals surface area contributed by atoms with Gasteiger partial charge in [0.1, 0.15) is 11.9 Å². The SMILES string of the molecule is CC(C)CCOCCNC(c1cccs1)c1nccn1C. The molecule has 0 bridgehead atoms. The quantitative estimate of drug-likeness (QED) is 0.723. The zero-order valence-corrected chi connectivity index (χ0v) is 13.9. The van der Waals surface area contributed by atoms with E-state index in [4.69, 9.17) is 4.74 Å². The van der Waals surface area contributed by atoms with Crippen LogP contribution in [0.5, 0.6) is 0 Å². The number of aryl methyl sites for hydroxylation is 1. The van der Waals surface area contributed by atoms with Gasteiger partial charge < -0.3 is 14.6 Å². The van der Waals surface area contributed by atoms with Crippen molar-refractivity contribution in [1.29, 1.82) is 0 Å². The lowest BCUT2D eigenvalue weighted by atomic mass is 10.1. The predicted molar refractivity (Wildman–Crippen MR) is 87.6 cm³/mol. The Morgan fingerprint density at radius 3 is 2.86 bits per heavy atom. The molecule has 1 atom stereocenters. The van der Waals surface area contributed by atoms with E-state index in [-0.39, 0.29) is 6.04 Å². The van der Waals surface area contributed by atoms with E-state index in [0.29, 0.717) is 5.92 Å². The lowest BCUT2D eigenvalue weighted by Crippen LogP contribution is -2.28. The molecule has 0 amide bonds. The van der Waals surface area contributed by atoms with Gasteiger partial charge in [-0.05, 0) is 23.8 Å². The normalized spacial score (nSPS) is 13.0. The van der Waals surface area contributed by atoms with Gasteiger partial charge in [-0.15, -0.1) is 11.3 Å². The fourth-order valence-electron chi connectivity index (χ4n) is 2.13. The minimum atomic E-state index is 0.138. The van der Waals surface area contributed by atoms with Crippen molar-refractivity contribution >= 4 is 11.3 Å². The molecule has 0 saturated carbocycles. The third kappa shape index (κ3) is 4.95. The van der Waals surface area contributed by atoms with Crippen LogP contribution in [0.1, 0.15) is 37.0 Å². The Kier molecular flexibility index (Phi) is 6.42. The topological polar surface area (TPSA) is 39.1 Å². The van der Waals surface area contributed by atoms with E-state index in [1.165, 1.54) is 4.88 Å². The number of aromatic nitrogens is 2. The highest BCUT2D eigenvalue weighted by Crippen LogP contribution is 2.24. The maximum Gasteiger partial charge on any atom is 0.131 e. The number of thiophene rings is 1. The molecule has 116 valence electrons. The summed E-state index contributed by atoms with van der Waals surface area (Å²) in [5.41, 5.74) is 0. The van der Waals surface area contributed by atoms with E-state index < -0.39 is 0 Å². The lowest BCUT2D eigenvalue weighted by Gasteiger charge is -2.17. The number of ether oxygens (including phenoxy) is 1. The Hall–Kier alpha value is -1.17. The first-order valence-corrected chi connectivity index (χ1v) is 8.38. The van der Waals surface area contributed by atoms with Gasteiger partial charge in [-0.25, -0.2) is 4.98 Å². The van der Waals surface area contributed by atoms with Crippen LogP contribution in [0.3, 0.4) is 0 Å². The van der Waals surface area contributed by atoms with E-state index in [9.17, 15) is 0 Å². The maximum atomic E-state index is 5.67. The number of rotatable bonds is 9. The summed E-state index contributed by atoms with van der Waals surface area (Å²) in [4.78, 5) is 5.76. The highest BCUT2D eigenvalue weighted by Gasteiger charge is 2.18. The second kappa shape index (κ2) is 8.32. The summed E-state index contributed by atoms with van der Waals surface area (Å²) in [6.07, 6.45) is 4.95. The van der Waals surface area contributed by atoms with Crippen molar-refractivity contribution in [2.24, 2.45) is 13.0 Å². The smallest absolute Gasteiger partial charge is 0.131 e. The minimum absolute atomic E-state index is 0.138. The highest BCUT2D eigenvalue weighted by molar-refractivity contribution is 7.10. The van der Waals surface area contributed by atoms with Gasteiger partial charge in [0, 0.05) is 37.5 Å². The zero-order chi connectivity index (χ0) is 15.1. The third-order valence-corrected chi connectivity index (χ3v) is 4.32. The largest absolute Gasteiger partial charge is 0.380 e. The second-order valence-corrected chi connectivity index (χ2v) is 6.57. The molecule has 0 spiro atoms. The summed E-state index contributed by atoms with van der Waals surface area (Å²) in [6, 6.07) is 4.37. The Bertz CT molecular complexity index is 507. The molecule has 0 aliphatic carbocycles. The molecule has 1 unspecified atom stereocenters. The average Bonchev–Trinajstić information content (AvgIpc) is 3.10. The molecule has 0 aliphatic heterocycles. The summed E-state index contributed by atoms with van der Waals surface area (Å²) < 4.78 is 7.74. The number of imidazole rings is 1. The molecule has 2 rings (SSSR count). The number of nitrogens with zero attached hydrogens (tertiary/aromatic N) is 2. The predicted octanol–water partition coefficient (Wildman–Crippen LogP) is 3.22. The second-order valence-electron chi connectivity index (χ2n) is 5.59. The van der Waals surface area contributed by atoms with Gasteiger partial charge in [0.05, 0.1) is 6.61 Å². The van der Waals surface area contributed by atoms with Gasteiger partial charge >= 0.3 is 0 Å². The van der Waals surface area contributed by atoms with Crippen molar-refractivity contribution in [2.75, 3.05) is 19.8 Å². The van der Waals surface area contributed by atoms with Gasteiger partial charge in [-0.1, -0.05) is 19.9 Å². The Morgan fingerprint density at radius 2 is 2.24 bits per heavy atom. The average molecular weight is 307 g/mol.